The van der Waals surface area contributed by atoms with Crippen LogP contribution < -0.4 is 15.8 Å². The normalized spacial score (nSPS) is 25.7. The van der Waals surface area contributed by atoms with Crippen LogP contribution in [0.25, 0.3) is 6.08 Å². The Bertz CT molecular complexity index is 1370. The van der Waals surface area contributed by atoms with Crippen molar-refractivity contribution in [2.24, 2.45) is 11.7 Å². The number of ether oxygens (including phenoxy) is 1. The number of nitrogens with two attached hydrogens (primary N) is 1. The monoisotopic (exact) mass is 594 g/mol. The summed E-state index contributed by atoms with van der Waals surface area (Å²) in [5.41, 5.74) is 11.2. The molecule has 1 aliphatic carbocycles. The largest absolute Gasteiger partial charge is 0.504 e. The molecule has 0 radical (unpaired) electrons. The highest BCUT2D eigenvalue weighted by Gasteiger charge is 2.31. The van der Waals surface area contributed by atoms with E-state index in [0.29, 0.717) is 36.5 Å². The SMILES string of the molecule is CCC1CCC(=O)CC(=O)C2=Cc3cc(OC)c(O)cc3C(CC2)C2=CNC(N)C(=C2)C(Cn2ccnc2)SSC1. The van der Waals surface area contributed by atoms with Gasteiger partial charge in [0.15, 0.2) is 17.3 Å². The predicted molar refractivity (Wildman–Crippen MR) is 166 cm³/mol. The molecule has 218 valence electrons. The third-order valence-electron chi connectivity index (χ3n) is 8.24. The van der Waals surface area contributed by atoms with Crippen LogP contribution >= 0.6 is 21.6 Å². The highest BCUT2D eigenvalue weighted by Crippen LogP contribution is 2.44. The lowest BCUT2D eigenvalue weighted by Gasteiger charge is -2.31. The van der Waals surface area contributed by atoms with Crippen LogP contribution in [0.3, 0.4) is 0 Å². The molecule has 0 fully saturated rings. The number of carbonyl (C=O) groups is 2. The van der Waals surface area contributed by atoms with E-state index in [2.05, 4.69) is 27.9 Å². The first-order chi connectivity index (χ1) is 19.9. The molecule has 8 nitrogen and oxygen atoms in total. The summed E-state index contributed by atoms with van der Waals surface area (Å²) in [4.78, 5) is 30.5. The number of rotatable bonds is 4. The molecule has 0 saturated carbocycles. The number of methoxy groups -OCH3 is 1. The van der Waals surface area contributed by atoms with Gasteiger partial charge in [-0.05, 0) is 71.2 Å². The number of imidazole rings is 1. The van der Waals surface area contributed by atoms with Crippen LogP contribution in [0.15, 0.2) is 59.8 Å². The fraction of sp³-hybridized carbons (Fsp3) is 0.452. The number of Topliss-reactive ketones (excluding diaryl/α,β-unsaturated/α-hetero) is 2. The summed E-state index contributed by atoms with van der Waals surface area (Å²) in [6.07, 6.45) is 14.6. The molecule has 41 heavy (non-hydrogen) atoms. The molecule has 5 rings (SSSR count). The second kappa shape index (κ2) is 13.4. The first-order valence-electron chi connectivity index (χ1n) is 14.2. The van der Waals surface area contributed by atoms with Crippen LogP contribution in [0, 0.1) is 5.92 Å². The Balaban J connectivity index is 1.58. The molecule has 4 atom stereocenters. The van der Waals surface area contributed by atoms with Crippen molar-refractivity contribution in [1.29, 1.82) is 0 Å². The van der Waals surface area contributed by atoms with Crippen molar-refractivity contribution in [3.05, 3.63) is 71.0 Å². The minimum atomic E-state index is -0.341. The van der Waals surface area contributed by atoms with Gasteiger partial charge in [-0.15, -0.1) is 0 Å². The summed E-state index contributed by atoms with van der Waals surface area (Å²) in [6, 6.07) is 3.53. The molecule has 3 aliphatic rings. The number of carbonyl (C=O) groups excluding carboxylic acids is 2. The predicted octanol–water partition coefficient (Wildman–Crippen LogP) is 5.35. The van der Waals surface area contributed by atoms with Crippen molar-refractivity contribution < 1.29 is 19.4 Å². The van der Waals surface area contributed by atoms with Crippen molar-refractivity contribution in [3.8, 4) is 11.5 Å². The second-order valence-electron chi connectivity index (χ2n) is 10.9. The quantitative estimate of drug-likeness (QED) is 0.318. The maximum absolute atomic E-state index is 13.4. The Morgan fingerprint density at radius 1 is 1.22 bits per heavy atom. The Kier molecular flexibility index (Phi) is 9.62. The summed E-state index contributed by atoms with van der Waals surface area (Å²) in [5.74, 6) is 1.49. The number of nitrogens with one attached hydrogen (secondary N) is 1. The molecule has 4 bridgehead atoms. The van der Waals surface area contributed by atoms with Gasteiger partial charge in [0.1, 0.15) is 5.78 Å². The fourth-order valence-electron chi connectivity index (χ4n) is 5.72. The van der Waals surface area contributed by atoms with Gasteiger partial charge < -0.3 is 25.5 Å². The summed E-state index contributed by atoms with van der Waals surface area (Å²) in [6.45, 7) is 2.88. The fourth-order valence-corrected chi connectivity index (χ4v) is 8.94. The first kappa shape index (κ1) is 29.5. The van der Waals surface area contributed by atoms with E-state index in [0.717, 1.165) is 47.4 Å². The van der Waals surface area contributed by atoms with Crippen molar-refractivity contribution in [2.75, 3.05) is 12.9 Å². The van der Waals surface area contributed by atoms with Gasteiger partial charge in [-0.25, -0.2) is 4.98 Å². The Morgan fingerprint density at radius 3 is 2.83 bits per heavy atom. The van der Waals surface area contributed by atoms with Gasteiger partial charge in [0.2, 0.25) is 0 Å². The van der Waals surface area contributed by atoms with E-state index < -0.39 is 0 Å². The Labute approximate surface area is 249 Å². The van der Waals surface area contributed by atoms with E-state index in [-0.39, 0.29) is 41.1 Å². The van der Waals surface area contributed by atoms with Crippen molar-refractivity contribution in [2.45, 2.75) is 69.3 Å². The van der Waals surface area contributed by atoms with Crippen molar-refractivity contribution in [1.82, 2.24) is 14.9 Å². The minimum absolute atomic E-state index is 0.00348. The molecule has 0 saturated heterocycles. The number of allylic oxidation sites excluding steroid dienone is 3. The third kappa shape index (κ3) is 6.93. The summed E-state index contributed by atoms with van der Waals surface area (Å²) < 4.78 is 7.48. The van der Waals surface area contributed by atoms with E-state index in [1.54, 1.807) is 18.3 Å². The van der Waals surface area contributed by atoms with Gasteiger partial charge >= 0.3 is 0 Å². The molecule has 0 spiro atoms. The number of phenolic OH excluding ortho intramolecular Hbond substituents is 1. The standard InChI is InChI=1S/C31H38N4O4S2/c1-3-19-4-6-23(36)13-27(37)20-5-7-24(25-14-28(38)29(39-2)12-21(25)10-20)22-11-26(31(32)34-15-22)30(41-40-17-19)16-35-9-8-33-18-35/h8-12,14-15,18-19,24,30-31,34,38H,3-7,13,16-17,32H2,1-2H3. The van der Waals surface area contributed by atoms with Gasteiger partial charge in [-0.2, -0.15) is 0 Å². The summed E-state index contributed by atoms with van der Waals surface area (Å²) in [5, 5.41) is 14.2. The molecule has 0 amide bonds. The summed E-state index contributed by atoms with van der Waals surface area (Å²) in [7, 11) is 5.15. The smallest absolute Gasteiger partial charge is 0.166 e. The molecule has 4 N–H and O–H groups in total. The number of ketones is 2. The lowest BCUT2D eigenvalue weighted by Crippen LogP contribution is -2.42. The average Bonchev–Trinajstić information content (AvgIpc) is 3.40. The molecule has 10 heteroatoms. The molecule has 1 aromatic carbocycles. The van der Waals surface area contributed by atoms with E-state index >= 15 is 0 Å². The number of nitrogens with zero attached hydrogens (tertiary/aromatic N) is 2. The lowest BCUT2D eigenvalue weighted by molar-refractivity contribution is -0.125. The zero-order valence-corrected chi connectivity index (χ0v) is 25.2. The number of phenols is 1. The highest BCUT2D eigenvalue weighted by molar-refractivity contribution is 8.77. The number of dihydropyridines is 1. The Hall–Kier alpha value is -2.95. The number of hydrogen-bond acceptors (Lipinski definition) is 9. The van der Waals surface area contributed by atoms with Gasteiger partial charge in [0.05, 0.1) is 31.3 Å². The molecule has 4 unspecified atom stereocenters. The lowest BCUT2D eigenvalue weighted by atomic mass is 9.83. The van der Waals surface area contributed by atoms with Crippen LogP contribution in [0.4, 0.5) is 0 Å². The van der Waals surface area contributed by atoms with Crippen molar-refractivity contribution >= 4 is 39.2 Å². The maximum atomic E-state index is 13.4. The number of aromatic nitrogens is 2. The van der Waals surface area contributed by atoms with Gasteiger partial charge in [0.25, 0.3) is 0 Å². The number of aromatic hydroxyl groups is 1. The van der Waals surface area contributed by atoms with E-state index in [9.17, 15) is 14.7 Å². The average molecular weight is 595 g/mol. The summed E-state index contributed by atoms with van der Waals surface area (Å²) >= 11 is 0. The number of benzene rings is 1. The molecule has 3 heterocycles. The van der Waals surface area contributed by atoms with E-state index in [4.69, 9.17) is 10.5 Å². The zero-order chi connectivity index (χ0) is 28.9. The molecular weight excluding hydrogens is 556 g/mol. The maximum Gasteiger partial charge on any atom is 0.166 e. The van der Waals surface area contributed by atoms with E-state index in [1.165, 1.54) is 7.11 Å². The van der Waals surface area contributed by atoms with Crippen LogP contribution in [-0.4, -0.2) is 50.5 Å². The second-order valence-corrected chi connectivity index (χ2v) is 13.5. The number of fused-ring (bicyclic) bond motifs is 7. The molecular formula is C31H38N4O4S2. The van der Waals surface area contributed by atoms with Crippen LogP contribution in [0.1, 0.15) is 62.5 Å². The van der Waals surface area contributed by atoms with E-state index in [1.807, 2.05) is 46.4 Å². The van der Waals surface area contributed by atoms with Gasteiger partial charge in [0, 0.05) is 43.2 Å². The minimum Gasteiger partial charge on any atom is -0.504 e. The third-order valence-corrected chi connectivity index (χ3v) is 11.1. The van der Waals surface area contributed by atoms with Crippen LogP contribution in [0.2, 0.25) is 0 Å². The first-order valence-corrected chi connectivity index (χ1v) is 16.6. The number of hydrogen-bond donors (Lipinski definition) is 3. The highest BCUT2D eigenvalue weighted by atomic mass is 33.1. The molecule has 1 aromatic heterocycles. The van der Waals surface area contributed by atoms with Crippen molar-refractivity contribution in [3.63, 3.8) is 0 Å². The van der Waals surface area contributed by atoms with Gasteiger partial charge in [-0.3, -0.25) is 9.59 Å². The van der Waals surface area contributed by atoms with Gasteiger partial charge in [-0.1, -0.05) is 41.0 Å². The topological polar surface area (TPSA) is 119 Å². The molecule has 2 aromatic rings. The zero-order valence-electron chi connectivity index (χ0n) is 23.5. The Morgan fingerprint density at radius 2 is 2.07 bits per heavy atom. The molecule has 2 aliphatic heterocycles. The van der Waals surface area contributed by atoms with Crippen LogP contribution in [0.5, 0.6) is 11.5 Å². The van der Waals surface area contributed by atoms with Crippen LogP contribution in [-0.2, 0) is 16.1 Å².